The molecule has 2 nitrogen and oxygen atoms in total. The highest BCUT2D eigenvalue weighted by Crippen LogP contribution is 2.28. The SMILES string of the molecule is Cl.ONCc1ccc(C(F)(F)F)cc1. The van der Waals surface area contributed by atoms with Gasteiger partial charge in [0.25, 0.3) is 0 Å². The van der Waals surface area contributed by atoms with Crippen molar-refractivity contribution in [3.63, 3.8) is 0 Å². The number of rotatable bonds is 2. The second-order valence-corrected chi connectivity index (χ2v) is 2.53. The first kappa shape index (κ1) is 13.2. The van der Waals surface area contributed by atoms with Crippen LogP contribution in [0.15, 0.2) is 24.3 Å². The van der Waals surface area contributed by atoms with E-state index in [1.165, 1.54) is 12.1 Å². The van der Waals surface area contributed by atoms with E-state index in [0.29, 0.717) is 5.56 Å². The molecule has 1 aromatic carbocycles. The Bertz CT molecular complexity index is 273. The Hall–Kier alpha value is -0.780. The summed E-state index contributed by atoms with van der Waals surface area (Å²) in [5, 5.41) is 8.28. The smallest absolute Gasteiger partial charge is 0.316 e. The standard InChI is InChI=1S/C8H8F3NO.ClH/c9-8(10,11)7-3-1-6(2-4-7)5-12-13;/h1-4,12-13H,5H2;1H. The molecule has 0 aliphatic heterocycles. The van der Waals surface area contributed by atoms with E-state index < -0.39 is 11.7 Å². The van der Waals surface area contributed by atoms with Crippen LogP contribution in [0.25, 0.3) is 0 Å². The maximum Gasteiger partial charge on any atom is 0.416 e. The number of benzene rings is 1. The van der Waals surface area contributed by atoms with Crippen LogP contribution in [0.1, 0.15) is 11.1 Å². The maximum atomic E-state index is 12.0. The minimum Gasteiger partial charge on any atom is -0.316 e. The van der Waals surface area contributed by atoms with Gasteiger partial charge in [-0.2, -0.15) is 13.2 Å². The van der Waals surface area contributed by atoms with Crippen molar-refractivity contribution in [2.24, 2.45) is 0 Å². The van der Waals surface area contributed by atoms with Crippen molar-refractivity contribution in [2.75, 3.05) is 0 Å². The maximum absolute atomic E-state index is 12.0. The molecule has 1 rings (SSSR count). The van der Waals surface area contributed by atoms with Crippen molar-refractivity contribution in [2.45, 2.75) is 12.7 Å². The van der Waals surface area contributed by atoms with Crippen molar-refractivity contribution in [1.82, 2.24) is 5.48 Å². The number of alkyl halides is 3. The second kappa shape index (κ2) is 5.19. The normalized spacial score (nSPS) is 10.9. The summed E-state index contributed by atoms with van der Waals surface area (Å²) in [6.45, 7) is 0.137. The summed E-state index contributed by atoms with van der Waals surface area (Å²) in [7, 11) is 0. The van der Waals surface area contributed by atoms with Gasteiger partial charge in [-0.05, 0) is 17.7 Å². The zero-order valence-electron chi connectivity index (χ0n) is 7.01. The van der Waals surface area contributed by atoms with Gasteiger partial charge in [-0.1, -0.05) is 12.1 Å². The molecule has 80 valence electrons. The predicted molar refractivity (Wildman–Crippen MR) is 47.3 cm³/mol. The summed E-state index contributed by atoms with van der Waals surface area (Å²) in [5.41, 5.74) is 1.77. The summed E-state index contributed by atoms with van der Waals surface area (Å²) in [6, 6.07) is 4.58. The van der Waals surface area contributed by atoms with E-state index in [4.69, 9.17) is 5.21 Å². The fourth-order valence-electron chi connectivity index (χ4n) is 0.903. The Morgan fingerprint density at radius 1 is 1.14 bits per heavy atom. The molecule has 0 bridgehead atoms. The topological polar surface area (TPSA) is 32.3 Å². The van der Waals surface area contributed by atoms with Crippen molar-refractivity contribution in [1.29, 1.82) is 0 Å². The van der Waals surface area contributed by atoms with Crippen LogP contribution in [0.2, 0.25) is 0 Å². The molecular formula is C8H9ClF3NO. The molecule has 6 heteroatoms. The third kappa shape index (κ3) is 3.53. The minimum atomic E-state index is -4.30. The molecule has 0 spiro atoms. The van der Waals surface area contributed by atoms with Crippen LogP contribution in [-0.4, -0.2) is 5.21 Å². The van der Waals surface area contributed by atoms with Crippen molar-refractivity contribution in [3.05, 3.63) is 35.4 Å². The Labute approximate surface area is 85.1 Å². The summed E-state index contributed by atoms with van der Waals surface area (Å²) >= 11 is 0. The summed E-state index contributed by atoms with van der Waals surface area (Å²) in [5.74, 6) is 0. The highest BCUT2D eigenvalue weighted by Gasteiger charge is 2.29. The molecule has 0 aromatic heterocycles. The molecule has 0 atom stereocenters. The Kier molecular flexibility index (Phi) is 4.90. The second-order valence-electron chi connectivity index (χ2n) is 2.53. The van der Waals surface area contributed by atoms with Crippen LogP contribution in [0, 0.1) is 0 Å². The number of halogens is 4. The molecule has 1 aromatic rings. The van der Waals surface area contributed by atoms with Gasteiger partial charge in [0.2, 0.25) is 0 Å². The quantitative estimate of drug-likeness (QED) is 0.762. The molecular weight excluding hydrogens is 219 g/mol. The first-order valence-electron chi connectivity index (χ1n) is 3.57. The number of nitrogens with one attached hydrogen (secondary N) is 1. The summed E-state index contributed by atoms with van der Waals surface area (Å²) < 4.78 is 36.1. The Morgan fingerprint density at radius 2 is 1.64 bits per heavy atom. The van der Waals surface area contributed by atoms with Crippen LogP contribution in [-0.2, 0) is 12.7 Å². The van der Waals surface area contributed by atoms with Gasteiger partial charge in [0.15, 0.2) is 0 Å². The molecule has 0 saturated heterocycles. The average molecular weight is 228 g/mol. The van der Waals surface area contributed by atoms with Crippen LogP contribution >= 0.6 is 12.4 Å². The van der Waals surface area contributed by atoms with E-state index in [1.807, 2.05) is 5.48 Å². The largest absolute Gasteiger partial charge is 0.416 e. The molecule has 0 fully saturated rings. The average Bonchev–Trinajstić information content (AvgIpc) is 2.04. The molecule has 0 unspecified atom stereocenters. The monoisotopic (exact) mass is 227 g/mol. The van der Waals surface area contributed by atoms with Gasteiger partial charge < -0.3 is 5.21 Å². The molecule has 0 aliphatic carbocycles. The van der Waals surface area contributed by atoms with E-state index in [-0.39, 0.29) is 19.0 Å². The van der Waals surface area contributed by atoms with E-state index >= 15 is 0 Å². The zero-order chi connectivity index (χ0) is 9.90. The predicted octanol–water partition coefficient (Wildman–Crippen LogP) is 2.61. The van der Waals surface area contributed by atoms with Crippen molar-refractivity contribution >= 4 is 12.4 Å². The van der Waals surface area contributed by atoms with Crippen molar-refractivity contribution in [3.8, 4) is 0 Å². The zero-order valence-corrected chi connectivity index (χ0v) is 7.82. The van der Waals surface area contributed by atoms with Gasteiger partial charge in [0.1, 0.15) is 0 Å². The van der Waals surface area contributed by atoms with Gasteiger partial charge in [-0.15, -0.1) is 12.4 Å². The first-order valence-corrected chi connectivity index (χ1v) is 3.57. The van der Waals surface area contributed by atoms with Gasteiger partial charge >= 0.3 is 6.18 Å². The van der Waals surface area contributed by atoms with Gasteiger partial charge in [-0.25, -0.2) is 5.48 Å². The van der Waals surface area contributed by atoms with Gasteiger partial charge in [-0.3, -0.25) is 0 Å². The third-order valence-corrected chi connectivity index (χ3v) is 1.56. The lowest BCUT2D eigenvalue weighted by Gasteiger charge is -2.06. The fourth-order valence-corrected chi connectivity index (χ4v) is 0.903. The number of hydrogen-bond acceptors (Lipinski definition) is 2. The molecule has 0 amide bonds. The highest BCUT2D eigenvalue weighted by atomic mass is 35.5. The summed E-state index contributed by atoms with van der Waals surface area (Å²) in [6.07, 6.45) is -4.30. The minimum absolute atomic E-state index is 0. The molecule has 2 N–H and O–H groups in total. The Morgan fingerprint density at radius 3 is 2.00 bits per heavy atom. The van der Waals surface area contributed by atoms with Crippen LogP contribution in [0.4, 0.5) is 13.2 Å². The number of hydroxylamine groups is 1. The van der Waals surface area contributed by atoms with E-state index in [0.717, 1.165) is 12.1 Å². The lowest BCUT2D eigenvalue weighted by atomic mass is 10.1. The number of hydrogen-bond donors (Lipinski definition) is 2. The van der Waals surface area contributed by atoms with Gasteiger partial charge in [0, 0.05) is 6.54 Å². The van der Waals surface area contributed by atoms with E-state index in [9.17, 15) is 13.2 Å². The molecule has 0 aliphatic rings. The van der Waals surface area contributed by atoms with E-state index in [1.54, 1.807) is 0 Å². The Balaban J connectivity index is 0.00000169. The van der Waals surface area contributed by atoms with Crippen LogP contribution in [0.3, 0.4) is 0 Å². The fraction of sp³-hybridized carbons (Fsp3) is 0.250. The molecule has 14 heavy (non-hydrogen) atoms. The van der Waals surface area contributed by atoms with Gasteiger partial charge in [0.05, 0.1) is 5.56 Å². The molecule has 0 saturated carbocycles. The van der Waals surface area contributed by atoms with Crippen molar-refractivity contribution < 1.29 is 18.4 Å². The molecule has 0 heterocycles. The lowest BCUT2D eigenvalue weighted by molar-refractivity contribution is -0.137. The van der Waals surface area contributed by atoms with Crippen LogP contribution in [0.5, 0.6) is 0 Å². The summed E-state index contributed by atoms with van der Waals surface area (Å²) in [4.78, 5) is 0. The van der Waals surface area contributed by atoms with Crippen LogP contribution < -0.4 is 5.48 Å². The first-order chi connectivity index (χ1) is 6.04. The lowest BCUT2D eigenvalue weighted by Crippen LogP contribution is -2.08. The molecule has 0 radical (unpaired) electrons. The van der Waals surface area contributed by atoms with E-state index in [2.05, 4.69) is 0 Å². The highest BCUT2D eigenvalue weighted by molar-refractivity contribution is 5.85. The third-order valence-electron chi connectivity index (χ3n) is 1.56.